The highest BCUT2D eigenvalue weighted by Gasteiger charge is 2.39. The molecule has 0 bridgehead atoms. The molecule has 0 aromatic heterocycles. The zero-order valence-electron chi connectivity index (χ0n) is 12.5. The van der Waals surface area contributed by atoms with E-state index in [0.29, 0.717) is 12.1 Å². The Morgan fingerprint density at radius 1 is 1.40 bits per heavy atom. The molecule has 1 N–H and O–H groups in total. The van der Waals surface area contributed by atoms with Crippen LogP contribution in [0, 0.1) is 0 Å². The Bertz CT molecular complexity index is 458. The Labute approximate surface area is 127 Å². The summed E-state index contributed by atoms with van der Waals surface area (Å²) in [6.07, 6.45) is 5.19. The third kappa shape index (κ3) is 3.19. The normalized spacial score (nSPS) is 28.8. The lowest BCUT2D eigenvalue weighted by atomic mass is 10.0. The second-order valence-corrected chi connectivity index (χ2v) is 6.83. The van der Waals surface area contributed by atoms with E-state index >= 15 is 0 Å². The first-order valence-corrected chi connectivity index (χ1v) is 8.32. The van der Waals surface area contributed by atoms with E-state index < -0.39 is 0 Å². The molecule has 110 valence electrons. The third-order valence-electron chi connectivity index (χ3n) is 4.74. The van der Waals surface area contributed by atoms with Gasteiger partial charge in [0.05, 0.1) is 0 Å². The fourth-order valence-corrected chi connectivity index (χ4v) is 3.75. The highest BCUT2D eigenvalue weighted by molar-refractivity contribution is 6.30. The van der Waals surface area contributed by atoms with Crippen LogP contribution < -0.4 is 5.32 Å². The van der Waals surface area contributed by atoms with Crippen molar-refractivity contribution in [1.29, 1.82) is 0 Å². The van der Waals surface area contributed by atoms with Gasteiger partial charge in [0.1, 0.15) is 0 Å². The van der Waals surface area contributed by atoms with E-state index in [4.69, 9.17) is 11.6 Å². The van der Waals surface area contributed by atoms with Crippen molar-refractivity contribution in [2.45, 2.75) is 63.7 Å². The van der Waals surface area contributed by atoms with E-state index in [0.717, 1.165) is 23.5 Å². The van der Waals surface area contributed by atoms with Gasteiger partial charge in [-0.1, -0.05) is 30.7 Å². The second kappa shape index (κ2) is 6.05. The Morgan fingerprint density at radius 2 is 2.20 bits per heavy atom. The van der Waals surface area contributed by atoms with Crippen LogP contribution in [-0.2, 0) is 0 Å². The molecule has 1 aliphatic heterocycles. The third-order valence-corrected chi connectivity index (χ3v) is 4.97. The Balaban J connectivity index is 1.63. The number of nitrogens with one attached hydrogen (secondary N) is 1. The highest BCUT2D eigenvalue weighted by Crippen LogP contribution is 2.34. The minimum atomic E-state index is 0.421. The maximum atomic E-state index is 6.12. The first-order valence-electron chi connectivity index (χ1n) is 7.94. The van der Waals surface area contributed by atoms with Crippen molar-refractivity contribution in [2.24, 2.45) is 0 Å². The number of likely N-dealkylation sites (tertiary alicyclic amines) is 1. The van der Waals surface area contributed by atoms with Crippen molar-refractivity contribution < 1.29 is 0 Å². The fourth-order valence-electron chi connectivity index (χ4n) is 3.55. The molecule has 3 unspecified atom stereocenters. The predicted molar refractivity (Wildman–Crippen MR) is 85.2 cm³/mol. The van der Waals surface area contributed by atoms with Crippen LogP contribution in [0.25, 0.3) is 0 Å². The molecule has 0 spiro atoms. The molecular formula is C17H25ClN2. The van der Waals surface area contributed by atoms with Gasteiger partial charge in [-0.2, -0.15) is 0 Å². The molecule has 2 aliphatic rings. The van der Waals surface area contributed by atoms with E-state index in [1.54, 1.807) is 0 Å². The van der Waals surface area contributed by atoms with Crippen molar-refractivity contribution in [3.63, 3.8) is 0 Å². The number of hydrogen-bond donors (Lipinski definition) is 1. The molecule has 1 saturated heterocycles. The topological polar surface area (TPSA) is 15.3 Å². The molecule has 1 aromatic rings. The lowest BCUT2D eigenvalue weighted by Gasteiger charge is -2.23. The molecule has 0 amide bonds. The zero-order chi connectivity index (χ0) is 14.1. The maximum absolute atomic E-state index is 6.12. The van der Waals surface area contributed by atoms with Crippen LogP contribution in [-0.4, -0.2) is 29.6 Å². The van der Waals surface area contributed by atoms with E-state index in [1.165, 1.54) is 31.4 Å². The summed E-state index contributed by atoms with van der Waals surface area (Å²) in [5, 5.41) is 4.69. The molecular weight excluding hydrogens is 268 g/mol. The van der Waals surface area contributed by atoms with Gasteiger partial charge in [-0.25, -0.2) is 0 Å². The van der Waals surface area contributed by atoms with Gasteiger partial charge in [-0.15, -0.1) is 0 Å². The van der Waals surface area contributed by atoms with Gasteiger partial charge >= 0.3 is 0 Å². The van der Waals surface area contributed by atoms with E-state index in [1.807, 2.05) is 6.07 Å². The first-order chi connectivity index (χ1) is 9.67. The minimum Gasteiger partial charge on any atom is -0.306 e. The number of hydrogen-bond acceptors (Lipinski definition) is 2. The summed E-state index contributed by atoms with van der Waals surface area (Å²) in [6, 6.07) is 10.9. The van der Waals surface area contributed by atoms with Gasteiger partial charge in [0.2, 0.25) is 0 Å². The van der Waals surface area contributed by atoms with Crippen molar-refractivity contribution in [3.05, 3.63) is 34.9 Å². The van der Waals surface area contributed by atoms with Crippen LogP contribution in [0.1, 0.15) is 51.1 Å². The molecule has 2 nitrogen and oxygen atoms in total. The number of nitrogens with zero attached hydrogens (tertiary/aromatic N) is 1. The number of rotatable bonds is 5. The van der Waals surface area contributed by atoms with Gasteiger partial charge in [-0.3, -0.25) is 4.90 Å². The smallest absolute Gasteiger partial charge is 0.0409 e. The molecule has 20 heavy (non-hydrogen) atoms. The molecule has 1 heterocycles. The highest BCUT2D eigenvalue weighted by atomic mass is 35.5. The SMILES string of the molecule is CCC(NC1CC(C)N(C2CC2)C1)c1cccc(Cl)c1. The van der Waals surface area contributed by atoms with Crippen molar-refractivity contribution in [1.82, 2.24) is 10.2 Å². The van der Waals surface area contributed by atoms with Crippen LogP contribution >= 0.6 is 11.6 Å². The lowest BCUT2D eigenvalue weighted by Crippen LogP contribution is -2.36. The van der Waals surface area contributed by atoms with E-state index in [2.05, 4.69) is 42.3 Å². The van der Waals surface area contributed by atoms with Crippen LogP contribution in [0.2, 0.25) is 5.02 Å². The largest absolute Gasteiger partial charge is 0.306 e. The fraction of sp³-hybridized carbons (Fsp3) is 0.647. The standard InChI is InChI=1S/C17H25ClN2/c1-3-17(13-5-4-6-14(18)10-13)19-15-9-12(2)20(11-15)16-7-8-16/h4-6,10,12,15-17,19H,3,7-9,11H2,1-2H3. The Morgan fingerprint density at radius 3 is 2.85 bits per heavy atom. The van der Waals surface area contributed by atoms with Gasteiger partial charge in [0.25, 0.3) is 0 Å². The predicted octanol–water partition coefficient (Wildman–Crippen LogP) is 4.01. The second-order valence-electron chi connectivity index (χ2n) is 6.39. The quantitative estimate of drug-likeness (QED) is 0.882. The van der Waals surface area contributed by atoms with Gasteiger partial charge in [0, 0.05) is 35.7 Å². The van der Waals surface area contributed by atoms with E-state index in [9.17, 15) is 0 Å². The summed E-state index contributed by atoms with van der Waals surface area (Å²) >= 11 is 6.12. The van der Waals surface area contributed by atoms with Crippen LogP contribution in [0.4, 0.5) is 0 Å². The maximum Gasteiger partial charge on any atom is 0.0409 e. The van der Waals surface area contributed by atoms with Gasteiger partial charge in [-0.05, 0) is 50.3 Å². The summed E-state index contributed by atoms with van der Waals surface area (Å²) in [5.41, 5.74) is 1.32. The molecule has 3 heteroatoms. The zero-order valence-corrected chi connectivity index (χ0v) is 13.2. The number of benzene rings is 1. The minimum absolute atomic E-state index is 0.421. The molecule has 2 fully saturated rings. The number of halogens is 1. The van der Waals surface area contributed by atoms with Crippen molar-refractivity contribution in [2.75, 3.05) is 6.54 Å². The summed E-state index contributed by atoms with van der Waals surface area (Å²) < 4.78 is 0. The molecule has 1 aromatic carbocycles. The summed E-state index contributed by atoms with van der Waals surface area (Å²) in [4.78, 5) is 2.70. The molecule has 1 saturated carbocycles. The van der Waals surface area contributed by atoms with Gasteiger partial charge < -0.3 is 5.32 Å². The summed E-state index contributed by atoms with van der Waals surface area (Å²) in [5.74, 6) is 0. The molecule has 1 aliphatic carbocycles. The van der Waals surface area contributed by atoms with Crippen LogP contribution in [0.3, 0.4) is 0 Å². The Kier molecular flexibility index (Phi) is 4.34. The average Bonchev–Trinajstić information content (AvgIpc) is 3.20. The average molecular weight is 293 g/mol. The van der Waals surface area contributed by atoms with Crippen LogP contribution in [0.15, 0.2) is 24.3 Å². The molecule has 3 rings (SSSR count). The van der Waals surface area contributed by atoms with Crippen LogP contribution in [0.5, 0.6) is 0 Å². The molecule has 3 atom stereocenters. The van der Waals surface area contributed by atoms with E-state index in [-0.39, 0.29) is 0 Å². The lowest BCUT2D eigenvalue weighted by molar-refractivity contribution is 0.253. The molecule has 0 radical (unpaired) electrons. The van der Waals surface area contributed by atoms with Crippen molar-refractivity contribution in [3.8, 4) is 0 Å². The van der Waals surface area contributed by atoms with Crippen molar-refractivity contribution >= 4 is 11.6 Å². The van der Waals surface area contributed by atoms with Gasteiger partial charge in [0.15, 0.2) is 0 Å². The monoisotopic (exact) mass is 292 g/mol. The Hall–Kier alpha value is -0.570. The first kappa shape index (κ1) is 14.4. The summed E-state index contributed by atoms with van der Waals surface area (Å²) in [6.45, 7) is 5.83. The summed E-state index contributed by atoms with van der Waals surface area (Å²) in [7, 11) is 0.